The third-order valence-electron chi connectivity index (χ3n) is 5.68. The van der Waals surface area contributed by atoms with Crippen LogP contribution in [0, 0.1) is 0 Å². The zero-order valence-corrected chi connectivity index (χ0v) is 17.2. The van der Waals surface area contributed by atoms with Crippen LogP contribution in [0.25, 0.3) is 0 Å². The lowest BCUT2D eigenvalue weighted by Gasteiger charge is -2.33. The number of hydrogen-bond donors (Lipinski definition) is 2. The largest absolute Gasteiger partial charge is 0.496 e. The van der Waals surface area contributed by atoms with Gasteiger partial charge in [0.25, 0.3) is 5.91 Å². The van der Waals surface area contributed by atoms with Gasteiger partial charge in [0.15, 0.2) is 6.04 Å². The van der Waals surface area contributed by atoms with Crippen LogP contribution in [0.1, 0.15) is 31.0 Å². The lowest BCUT2D eigenvalue weighted by atomic mass is 10.1. The number of quaternary nitrogens is 2. The summed E-state index contributed by atoms with van der Waals surface area (Å²) >= 11 is 0. The maximum absolute atomic E-state index is 12.9. The standard InChI is InChI=1S/C23H31N3O2/c1-18(21-11-7-8-12-22(21)28-3)24-19(2)23(27)26-15-13-25(14-16-26)17-20-9-5-4-6-10-20/h4-12,18-19,24H,13-17H2,1-3H3/p+2/t18-,19+/m0/s1. The van der Waals surface area contributed by atoms with Crippen LogP contribution >= 0.6 is 0 Å². The first-order valence-electron chi connectivity index (χ1n) is 10.2. The van der Waals surface area contributed by atoms with E-state index in [2.05, 4.69) is 48.6 Å². The maximum Gasteiger partial charge on any atom is 0.280 e. The van der Waals surface area contributed by atoms with Gasteiger partial charge in [0, 0.05) is 5.56 Å². The zero-order chi connectivity index (χ0) is 19.9. The number of rotatable bonds is 7. The number of nitrogens with two attached hydrogens (primary N) is 1. The van der Waals surface area contributed by atoms with Gasteiger partial charge in [0.05, 0.1) is 38.9 Å². The lowest BCUT2D eigenvalue weighted by Crippen LogP contribution is -3.13. The molecule has 0 aliphatic carbocycles. The third kappa shape index (κ3) is 5.12. The van der Waals surface area contributed by atoms with Gasteiger partial charge >= 0.3 is 0 Å². The van der Waals surface area contributed by atoms with E-state index in [1.165, 1.54) is 5.56 Å². The molecule has 150 valence electrons. The highest BCUT2D eigenvalue weighted by molar-refractivity contribution is 5.80. The Kier molecular flexibility index (Phi) is 7.06. The predicted molar refractivity (Wildman–Crippen MR) is 110 cm³/mol. The summed E-state index contributed by atoms with van der Waals surface area (Å²) in [6.07, 6.45) is 0. The van der Waals surface area contributed by atoms with Crippen LogP contribution in [0.2, 0.25) is 0 Å². The fourth-order valence-corrected chi connectivity index (χ4v) is 4.05. The molecule has 1 saturated heterocycles. The normalized spacial score (nSPS) is 17.2. The number of nitrogens with one attached hydrogen (secondary N) is 1. The average molecular weight is 384 g/mol. The molecule has 2 aromatic rings. The van der Waals surface area contributed by atoms with Crippen molar-refractivity contribution in [3.05, 3.63) is 65.7 Å². The number of piperazine rings is 1. The summed E-state index contributed by atoms with van der Waals surface area (Å²) in [4.78, 5) is 16.5. The van der Waals surface area contributed by atoms with Crippen molar-refractivity contribution in [1.82, 2.24) is 4.90 Å². The monoisotopic (exact) mass is 383 g/mol. The summed E-state index contributed by atoms with van der Waals surface area (Å²) in [5.41, 5.74) is 2.49. The molecule has 3 N–H and O–H groups in total. The molecule has 3 rings (SSSR count). The molecule has 1 aliphatic heterocycles. The van der Waals surface area contributed by atoms with E-state index in [1.54, 1.807) is 12.0 Å². The molecule has 1 aliphatic rings. The minimum Gasteiger partial charge on any atom is -0.496 e. The second-order valence-corrected chi connectivity index (χ2v) is 7.75. The number of carbonyl (C=O) groups excluding carboxylic acids is 1. The Hall–Kier alpha value is -2.37. The van der Waals surface area contributed by atoms with Gasteiger partial charge in [-0.15, -0.1) is 0 Å². The van der Waals surface area contributed by atoms with E-state index in [4.69, 9.17) is 4.74 Å². The molecule has 2 atom stereocenters. The molecule has 0 radical (unpaired) electrons. The molecule has 28 heavy (non-hydrogen) atoms. The first kappa shape index (κ1) is 20.4. The first-order valence-corrected chi connectivity index (χ1v) is 10.2. The molecule has 0 unspecified atom stereocenters. The fraction of sp³-hybridized carbons (Fsp3) is 0.435. The van der Waals surface area contributed by atoms with E-state index in [0.717, 1.165) is 44.0 Å². The van der Waals surface area contributed by atoms with Crippen molar-refractivity contribution < 1.29 is 19.7 Å². The fourth-order valence-electron chi connectivity index (χ4n) is 4.05. The Labute approximate surface area is 168 Å². The minimum absolute atomic E-state index is 0.101. The van der Waals surface area contributed by atoms with Crippen molar-refractivity contribution >= 4 is 5.91 Å². The Morgan fingerprint density at radius 1 is 1.07 bits per heavy atom. The summed E-state index contributed by atoms with van der Waals surface area (Å²) < 4.78 is 5.47. The molecule has 0 bridgehead atoms. The molecular weight excluding hydrogens is 350 g/mol. The number of methoxy groups -OCH3 is 1. The number of hydrogen-bond acceptors (Lipinski definition) is 2. The molecule has 0 spiro atoms. The van der Waals surface area contributed by atoms with Gasteiger partial charge in [-0.05, 0) is 26.0 Å². The Balaban J connectivity index is 1.50. The number of benzene rings is 2. The van der Waals surface area contributed by atoms with Gasteiger partial charge in [-0.25, -0.2) is 0 Å². The van der Waals surface area contributed by atoms with E-state index in [9.17, 15) is 4.79 Å². The summed E-state index contributed by atoms with van der Waals surface area (Å²) in [5.74, 6) is 1.12. The topological polar surface area (TPSA) is 50.6 Å². The number of carbonyl (C=O) groups is 1. The SMILES string of the molecule is COc1ccccc1[C@H](C)[NH2+][C@H](C)C(=O)N1CC[NH+](Cc2ccccc2)CC1. The average Bonchev–Trinajstić information content (AvgIpc) is 2.74. The minimum atomic E-state index is -0.101. The molecule has 1 heterocycles. The van der Waals surface area contributed by atoms with Gasteiger partial charge < -0.3 is 19.9 Å². The van der Waals surface area contributed by atoms with Gasteiger partial charge in [0.1, 0.15) is 18.3 Å². The lowest BCUT2D eigenvalue weighted by molar-refractivity contribution is -0.917. The van der Waals surface area contributed by atoms with Gasteiger partial charge in [-0.3, -0.25) is 4.79 Å². The van der Waals surface area contributed by atoms with Gasteiger partial charge in [0.2, 0.25) is 0 Å². The molecule has 0 aromatic heterocycles. The highest BCUT2D eigenvalue weighted by Crippen LogP contribution is 2.22. The summed E-state index contributed by atoms with van der Waals surface area (Å²) in [6.45, 7) is 8.87. The summed E-state index contributed by atoms with van der Waals surface area (Å²) in [5, 5.41) is 2.14. The molecule has 5 heteroatoms. The van der Waals surface area contributed by atoms with Crippen LogP contribution in [0.4, 0.5) is 0 Å². The van der Waals surface area contributed by atoms with Crippen LogP contribution in [-0.4, -0.2) is 50.1 Å². The van der Waals surface area contributed by atoms with Crippen LogP contribution < -0.4 is 15.0 Å². The second-order valence-electron chi connectivity index (χ2n) is 7.75. The maximum atomic E-state index is 12.9. The van der Waals surface area contributed by atoms with Crippen molar-refractivity contribution in [2.24, 2.45) is 0 Å². The highest BCUT2D eigenvalue weighted by Gasteiger charge is 2.30. The molecule has 0 saturated carbocycles. The molecule has 5 nitrogen and oxygen atoms in total. The Bertz CT molecular complexity index is 757. The van der Waals surface area contributed by atoms with Crippen LogP contribution in [0.5, 0.6) is 5.75 Å². The zero-order valence-electron chi connectivity index (χ0n) is 17.2. The van der Waals surface area contributed by atoms with E-state index in [1.807, 2.05) is 30.0 Å². The van der Waals surface area contributed by atoms with Crippen molar-refractivity contribution in [3.8, 4) is 5.75 Å². The van der Waals surface area contributed by atoms with Crippen molar-refractivity contribution in [3.63, 3.8) is 0 Å². The predicted octanol–water partition coefficient (Wildman–Crippen LogP) is 0.635. The van der Waals surface area contributed by atoms with Crippen LogP contribution in [-0.2, 0) is 11.3 Å². The van der Waals surface area contributed by atoms with E-state index in [0.29, 0.717) is 0 Å². The number of amides is 1. The quantitative estimate of drug-likeness (QED) is 0.737. The summed E-state index contributed by atoms with van der Waals surface area (Å²) in [6, 6.07) is 18.7. The molecule has 2 aromatic carbocycles. The first-order chi connectivity index (χ1) is 13.6. The molecule has 1 amide bonds. The Morgan fingerprint density at radius 2 is 1.71 bits per heavy atom. The van der Waals surface area contributed by atoms with Crippen LogP contribution in [0.3, 0.4) is 0 Å². The second kappa shape index (κ2) is 9.71. The summed E-state index contributed by atoms with van der Waals surface area (Å²) in [7, 11) is 1.69. The van der Waals surface area contributed by atoms with Crippen molar-refractivity contribution in [2.45, 2.75) is 32.5 Å². The number of ether oxygens (including phenoxy) is 1. The number of nitrogens with zero attached hydrogens (tertiary/aromatic N) is 1. The smallest absolute Gasteiger partial charge is 0.280 e. The van der Waals surface area contributed by atoms with E-state index >= 15 is 0 Å². The van der Waals surface area contributed by atoms with Crippen molar-refractivity contribution in [2.75, 3.05) is 33.3 Å². The van der Waals surface area contributed by atoms with Gasteiger partial charge in [-0.1, -0.05) is 42.5 Å². The third-order valence-corrected chi connectivity index (χ3v) is 5.68. The number of para-hydroxylation sites is 1. The van der Waals surface area contributed by atoms with E-state index < -0.39 is 0 Å². The molecule has 1 fully saturated rings. The highest BCUT2D eigenvalue weighted by atomic mass is 16.5. The van der Waals surface area contributed by atoms with Crippen LogP contribution in [0.15, 0.2) is 54.6 Å². The van der Waals surface area contributed by atoms with E-state index in [-0.39, 0.29) is 18.0 Å². The molecular formula is C23H33N3O2+2. The Morgan fingerprint density at radius 3 is 2.39 bits per heavy atom. The van der Waals surface area contributed by atoms with Crippen molar-refractivity contribution in [1.29, 1.82) is 0 Å². The van der Waals surface area contributed by atoms with Gasteiger partial charge in [-0.2, -0.15) is 0 Å².